The monoisotopic (exact) mass is 322 g/mol. The number of carbonyl (C=O) groups excluding carboxylic acids is 1. The van der Waals surface area contributed by atoms with Crippen LogP contribution in [0.5, 0.6) is 0 Å². The molecule has 0 aliphatic rings. The fourth-order valence-corrected chi connectivity index (χ4v) is 2.92. The predicted molar refractivity (Wildman–Crippen MR) is 98.9 cm³/mol. The summed E-state index contributed by atoms with van der Waals surface area (Å²) in [6, 6.07) is 6.22. The summed E-state index contributed by atoms with van der Waals surface area (Å²) in [6.45, 7) is 15.0. The molecule has 0 radical (unpaired) electrons. The highest BCUT2D eigenvalue weighted by Gasteiger charge is 2.23. The summed E-state index contributed by atoms with van der Waals surface area (Å²) >= 11 is 6.69. The Labute approximate surface area is 138 Å². The van der Waals surface area contributed by atoms with E-state index in [1.165, 1.54) is 22.9 Å². The minimum absolute atomic E-state index is 0.00973. The van der Waals surface area contributed by atoms with Crippen molar-refractivity contribution in [2.45, 2.75) is 59.3 Å². The van der Waals surface area contributed by atoms with Crippen molar-refractivity contribution < 1.29 is 4.79 Å². The minimum atomic E-state index is -0.0200. The van der Waals surface area contributed by atoms with Crippen molar-refractivity contribution in [2.75, 3.05) is 5.75 Å². The van der Waals surface area contributed by atoms with Gasteiger partial charge in [0.15, 0.2) is 0 Å². The van der Waals surface area contributed by atoms with Crippen LogP contribution >= 0.6 is 24.0 Å². The molecule has 0 saturated heterocycles. The maximum Gasteiger partial charge on any atom is 0.210 e. The van der Waals surface area contributed by atoms with Gasteiger partial charge in [-0.1, -0.05) is 66.8 Å². The molecule has 0 aliphatic heterocycles. The summed E-state index contributed by atoms with van der Waals surface area (Å²) in [5.74, 6) is 0.809. The maximum absolute atomic E-state index is 12.5. The van der Waals surface area contributed by atoms with Crippen LogP contribution < -0.4 is 0 Å². The Morgan fingerprint density at radius 2 is 1.43 bits per heavy atom. The van der Waals surface area contributed by atoms with Gasteiger partial charge in [0.25, 0.3) is 0 Å². The Morgan fingerprint density at radius 3 is 1.76 bits per heavy atom. The molecule has 1 rings (SSSR count). The van der Waals surface area contributed by atoms with Crippen molar-refractivity contribution in [3.8, 4) is 0 Å². The van der Waals surface area contributed by atoms with Gasteiger partial charge in [-0.15, -0.1) is 11.8 Å². The van der Waals surface area contributed by atoms with E-state index in [9.17, 15) is 4.79 Å². The Kier molecular flexibility index (Phi) is 5.79. The summed E-state index contributed by atoms with van der Waals surface area (Å²) in [6.07, 6.45) is 0. The number of carbonyl (C=O) groups is 1. The number of thioether (sulfide) groups is 1. The molecule has 0 aromatic heterocycles. The molecule has 1 aromatic carbocycles. The number of ketones is 1. The smallest absolute Gasteiger partial charge is 0.210 e. The quantitative estimate of drug-likeness (QED) is 0.537. The molecule has 1 aromatic rings. The first-order valence-electron chi connectivity index (χ1n) is 7.34. The van der Waals surface area contributed by atoms with Crippen molar-refractivity contribution in [1.82, 2.24) is 0 Å². The SMILES string of the molecule is CCSC(=S)C(=O)c1cc(C(C)(C)C)cc(C(C)(C)C)c1. The maximum atomic E-state index is 12.5. The fraction of sp³-hybridized carbons (Fsp3) is 0.556. The second-order valence-corrected chi connectivity index (χ2v) is 9.29. The summed E-state index contributed by atoms with van der Waals surface area (Å²) in [4.78, 5) is 12.5. The van der Waals surface area contributed by atoms with Crippen molar-refractivity contribution in [3.63, 3.8) is 0 Å². The fourth-order valence-electron chi connectivity index (χ4n) is 1.94. The number of Topliss-reactive ketones (excluding diaryl/α,β-unsaturated/α-hetero) is 1. The van der Waals surface area contributed by atoms with Crippen molar-refractivity contribution in [3.05, 3.63) is 34.9 Å². The first-order valence-corrected chi connectivity index (χ1v) is 8.73. The van der Waals surface area contributed by atoms with Gasteiger partial charge < -0.3 is 0 Å². The Morgan fingerprint density at radius 1 is 1.00 bits per heavy atom. The predicted octanol–water partition coefficient (Wildman–Crippen LogP) is 5.54. The Hall–Kier alpha value is -0.670. The van der Waals surface area contributed by atoms with Gasteiger partial charge in [-0.05, 0) is 39.8 Å². The molecule has 116 valence electrons. The van der Waals surface area contributed by atoms with Gasteiger partial charge in [0.2, 0.25) is 5.78 Å². The molecule has 3 heteroatoms. The summed E-state index contributed by atoms with van der Waals surface area (Å²) in [5.41, 5.74) is 3.11. The molecular formula is C18H26OS2. The van der Waals surface area contributed by atoms with Gasteiger partial charge in [0.05, 0.1) is 0 Å². The summed E-state index contributed by atoms with van der Waals surface area (Å²) < 4.78 is 0.461. The number of rotatable bonds is 3. The lowest BCUT2D eigenvalue weighted by Gasteiger charge is -2.26. The highest BCUT2D eigenvalue weighted by atomic mass is 32.2. The first kappa shape index (κ1) is 18.4. The average molecular weight is 323 g/mol. The zero-order valence-corrected chi connectivity index (χ0v) is 15.8. The van der Waals surface area contributed by atoms with Gasteiger partial charge >= 0.3 is 0 Å². The lowest BCUT2D eigenvalue weighted by Crippen LogP contribution is -2.19. The first-order chi connectivity index (χ1) is 9.46. The third-order valence-corrected chi connectivity index (χ3v) is 4.66. The number of hydrogen-bond acceptors (Lipinski definition) is 3. The minimum Gasteiger partial charge on any atom is -0.287 e. The molecule has 1 nitrogen and oxygen atoms in total. The largest absolute Gasteiger partial charge is 0.287 e. The van der Waals surface area contributed by atoms with Crippen LogP contribution in [0.15, 0.2) is 18.2 Å². The highest BCUT2D eigenvalue weighted by molar-refractivity contribution is 8.25. The second kappa shape index (κ2) is 6.62. The van der Waals surface area contributed by atoms with E-state index in [1.807, 2.05) is 19.1 Å². The average Bonchev–Trinajstić information content (AvgIpc) is 2.35. The van der Waals surface area contributed by atoms with Crippen LogP contribution in [-0.2, 0) is 10.8 Å². The molecule has 0 N–H and O–H groups in total. The molecule has 0 bridgehead atoms. The van der Waals surface area contributed by atoms with Gasteiger partial charge in [0, 0.05) is 5.56 Å². The van der Waals surface area contributed by atoms with Crippen LogP contribution in [0.25, 0.3) is 0 Å². The number of hydrogen-bond donors (Lipinski definition) is 0. The van der Waals surface area contributed by atoms with Crippen LogP contribution in [0.3, 0.4) is 0 Å². The molecule has 0 fully saturated rings. The van der Waals surface area contributed by atoms with Crippen LogP contribution in [0, 0.1) is 0 Å². The Balaban J connectivity index is 3.39. The zero-order valence-electron chi connectivity index (χ0n) is 14.2. The van der Waals surface area contributed by atoms with Crippen molar-refractivity contribution in [2.24, 2.45) is 0 Å². The van der Waals surface area contributed by atoms with E-state index in [2.05, 4.69) is 47.6 Å². The lowest BCUT2D eigenvalue weighted by atomic mass is 9.79. The Bertz CT molecular complexity index is 513. The van der Waals surface area contributed by atoms with Crippen molar-refractivity contribution in [1.29, 1.82) is 0 Å². The molecule has 0 heterocycles. The molecule has 0 atom stereocenters. The van der Waals surface area contributed by atoms with E-state index in [0.717, 1.165) is 11.3 Å². The summed E-state index contributed by atoms with van der Waals surface area (Å²) in [5, 5.41) is 0. The lowest BCUT2D eigenvalue weighted by molar-refractivity contribution is 0.107. The topological polar surface area (TPSA) is 17.1 Å². The summed E-state index contributed by atoms with van der Waals surface area (Å²) in [7, 11) is 0. The highest BCUT2D eigenvalue weighted by Crippen LogP contribution is 2.31. The third kappa shape index (κ3) is 4.93. The van der Waals surface area contributed by atoms with Crippen LogP contribution in [0.4, 0.5) is 0 Å². The molecule has 0 aliphatic carbocycles. The van der Waals surface area contributed by atoms with Gasteiger partial charge in [-0.2, -0.15) is 0 Å². The molecule has 0 spiro atoms. The third-order valence-electron chi connectivity index (χ3n) is 3.39. The van der Waals surface area contributed by atoms with Crippen molar-refractivity contribution >= 4 is 34.0 Å². The van der Waals surface area contributed by atoms with E-state index < -0.39 is 0 Å². The van der Waals surface area contributed by atoms with Crippen LogP contribution in [0.1, 0.15) is 70.0 Å². The number of benzene rings is 1. The molecule has 0 saturated carbocycles. The van der Waals surface area contributed by atoms with E-state index in [-0.39, 0.29) is 16.6 Å². The van der Waals surface area contributed by atoms with E-state index in [1.54, 1.807) is 0 Å². The molecule has 0 amide bonds. The van der Waals surface area contributed by atoms with E-state index in [0.29, 0.717) is 4.20 Å². The molecule has 21 heavy (non-hydrogen) atoms. The normalized spacial score (nSPS) is 12.3. The number of thiocarbonyl (C=S) groups is 1. The van der Waals surface area contributed by atoms with Crippen LogP contribution in [0.2, 0.25) is 0 Å². The molecular weight excluding hydrogens is 296 g/mol. The van der Waals surface area contributed by atoms with Gasteiger partial charge in [-0.3, -0.25) is 4.79 Å². The second-order valence-electron chi connectivity index (χ2n) is 7.35. The molecule has 0 unspecified atom stereocenters. The van der Waals surface area contributed by atoms with E-state index in [4.69, 9.17) is 12.2 Å². The van der Waals surface area contributed by atoms with Gasteiger partial charge in [0.1, 0.15) is 4.20 Å². The standard InChI is InChI=1S/C18H26OS2/c1-8-21-16(20)15(19)12-9-13(17(2,3)4)11-14(10-12)18(5,6)7/h9-11H,8H2,1-7H3. The van der Waals surface area contributed by atoms with Crippen LogP contribution in [-0.4, -0.2) is 15.7 Å². The zero-order chi connectivity index (χ0) is 16.4. The van der Waals surface area contributed by atoms with E-state index >= 15 is 0 Å². The van der Waals surface area contributed by atoms with Gasteiger partial charge in [-0.25, -0.2) is 0 Å².